The van der Waals surface area contributed by atoms with Gasteiger partial charge in [0.15, 0.2) is 0 Å². The van der Waals surface area contributed by atoms with Gasteiger partial charge in [-0.25, -0.2) is 0 Å². The summed E-state index contributed by atoms with van der Waals surface area (Å²) in [5.74, 6) is 0. The summed E-state index contributed by atoms with van der Waals surface area (Å²) in [6.45, 7) is 1.29. The number of hydrogen-bond donors (Lipinski definition) is 1. The van der Waals surface area contributed by atoms with E-state index in [1.54, 1.807) is 6.07 Å². The van der Waals surface area contributed by atoms with E-state index >= 15 is 0 Å². The minimum Gasteiger partial charge on any atom is -0.350 e. The molecular formula is C12H12Cl2N2. The van der Waals surface area contributed by atoms with Gasteiger partial charge >= 0.3 is 0 Å². The van der Waals surface area contributed by atoms with E-state index in [0.717, 1.165) is 17.7 Å². The molecule has 0 aliphatic carbocycles. The smallest absolute Gasteiger partial charge is 0.0485 e. The highest BCUT2D eigenvalue weighted by Gasteiger charge is 2.02. The van der Waals surface area contributed by atoms with Crippen molar-refractivity contribution in [2.24, 2.45) is 5.73 Å². The fraction of sp³-hybridized carbons (Fsp3) is 0.167. The summed E-state index contributed by atoms with van der Waals surface area (Å²) >= 11 is 11.9. The van der Waals surface area contributed by atoms with E-state index in [9.17, 15) is 0 Å². The molecule has 2 nitrogen and oxygen atoms in total. The van der Waals surface area contributed by atoms with Crippen LogP contribution in [0, 0.1) is 0 Å². The normalized spacial score (nSPS) is 10.7. The molecule has 2 N–H and O–H groups in total. The number of nitrogens with zero attached hydrogens (tertiary/aromatic N) is 1. The zero-order valence-corrected chi connectivity index (χ0v) is 10.2. The molecule has 0 spiro atoms. The molecule has 2 aromatic rings. The Morgan fingerprint density at radius 2 is 2.00 bits per heavy atom. The van der Waals surface area contributed by atoms with Gasteiger partial charge < -0.3 is 10.3 Å². The maximum absolute atomic E-state index is 6.10. The number of hydrogen-bond acceptors (Lipinski definition) is 1. The maximum atomic E-state index is 6.10. The highest BCUT2D eigenvalue weighted by molar-refractivity contribution is 6.35. The van der Waals surface area contributed by atoms with E-state index in [4.69, 9.17) is 28.9 Å². The summed E-state index contributed by atoms with van der Waals surface area (Å²) in [7, 11) is 0. The van der Waals surface area contributed by atoms with Gasteiger partial charge in [-0.15, -0.1) is 0 Å². The molecule has 0 aliphatic heterocycles. The Kier molecular flexibility index (Phi) is 3.54. The van der Waals surface area contributed by atoms with Crippen molar-refractivity contribution in [3.05, 3.63) is 57.8 Å². The van der Waals surface area contributed by atoms with Gasteiger partial charge in [-0.05, 0) is 29.3 Å². The summed E-state index contributed by atoms with van der Waals surface area (Å²) in [6, 6.07) is 7.54. The Labute approximate surface area is 105 Å². The largest absolute Gasteiger partial charge is 0.350 e. The van der Waals surface area contributed by atoms with Crippen LogP contribution in [0.25, 0.3) is 0 Å². The third kappa shape index (κ3) is 2.59. The predicted octanol–water partition coefficient (Wildman–Crippen LogP) is 3.30. The van der Waals surface area contributed by atoms with Gasteiger partial charge in [0.2, 0.25) is 0 Å². The second kappa shape index (κ2) is 4.91. The van der Waals surface area contributed by atoms with Gasteiger partial charge in [0.1, 0.15) is 0 Å². The third-order valence-electron chi connectivity index (χ3n) is 2.42. The number of aromatic nitrogens is 1. The lowest BCUT2D eigenvalue weighted by Crippen LogP contribution is -1.98. The molecule has 0 fully saturated rings. The van der Waals surface area contributed by atoms with Crippen molar-refractivity contribution in [1.82, 2.24) is 4.57 Å². The Balaban J connectivity index is 2.20. The first kappa shape index (κ1) is 11.5. The van der Waals surface area contributed by atoms with Gasteiger partial charge in [0.25, 0.3) is 0 Å². The van der Waals surface area contributed by atoms with Gasteiger partial charge in [0.05, 0.1) is 0 Å². The molecule has 0 saturated heterocycles. The summed E-state index contributed by atoms with van der Waals surface area (Å²) in [5, 5.41) is 1.35. The highest BCUT2D eigenvalue weighted by atomic mass is 35.5. The molecule has 4 heteroatoms. The Bertz CT molecular complexity index is 492. The first-order valence-corrected chi connectivity index (χ1v) is 5.73. The number of halogens is 2. The fourth-order valence-corrected chi connectivity index (χ4v) is 2.02. The van der Waals surface area contributed by atoms with Crippen molar-refractivity contribution in [2.45, 2.75) is 13.1 Å². The highest BCUT2D eigenvalue weighted by Crippen LogP contribution is 2.21. The lowest BCUT2D eigenvalue weighted by atomic mass is 10.2. The topological polar surface area (TPSA) is 30.9 Å². The van der Waals surface area contributed by atoms with Crippen LogP contribution in [0.3, 0.4) is 0 Å². The van der Waals surface area contributed by atoms with Crippen molar-refractivity contribution in [3.63, 3.8) is 0 Å². The number of rotatable bonds is 3. The molecular weight excluding hydrogens is 243 g/mol. The van der Waals surface area contributed by atoms with Crippen LogP contribution in [0.15, 0.2) is 36.7 Å². The summed E-state index contributed by atoms with van der Waals surface area (Å²) in [4.78, 5) is 0. The predicted molar refractivity (Wildman–Crippen MR) is 67.9 cm³/mol. The SMILES string of the molecule is NCc1ccn(Cc2ccc(Cl)cc2Cl)c1. The van der Waals surface area contributed by atoms with Crippen molar-refractivity contribution in [2.75, 3.05) is 0 Å². The van der Waals surface area contributed by atoms with Crippen LogP contribution >= 0.6 is 23.2 Å². The van der Waals surface area contributed by atoms with Gasteiger partial charge in [-0.3, -0.25) is 0 Å². The molecule has 84 valence electrons. The van der Waals surface area contributed by atoms with Crippen LogP contribution in [0.1, 0.15) is 11.1 Å². The molecule has 0 radical (unpaired) electrons. The summed E-state index contributed by atoms with van der Waals surface area (Å²) < 4.78 is 2.05. The van der Waals surface area contributed by atoms with E-state index in [2.05, 4.69) is 4.57 Å². The molecule has 0 aliphatic rings. The van der Waals surface area contributed by atoms with E-state index in [1.807, 2.05) is 30.6 Å². The van der Waals surface area contributed by atoms with Crippen molar-refractivity contribution >= 4 is 23.2 Å². The van der Waals surface area contributed by atoms with E-state index in [-0.39, 0.29) is 0 Å². The Morgan fingerprint density at radius 1 is 1.19 bits per heavy atom. The fourth-order valence-electron chi connectivity index (χ4n) is 1.56. The third-order valence-corrected chi connectivity index (χ3v) is 3.00. The van der Waals surface area contributed by atoms with Gasteiger partial charge in [0, 0.05) is 35.5 Å². The molecule has 1 heterocycles. The Morgan fingerprint density at radius 3 is 2.62 bits per heavy atom. The molecule has 0 amide bonds. The minimum atomic E-state index is 0.557. The molecule has 1 aromatic carbocycles. The second-order valence-electron chi connectivity index (χ2n) is 3.63. The zero-order valence-electron chi connectivity index (χ0n) is 8.66. The maximum Gasteiger partial charge on any atom is 0.0485 e. The van der Waals surface area contributed by atoms with Gasteiger partial charge in [-0.1, -0.05) is 29.3 Å². The lowest BCUT2D eigenvalue weighted by Gasteiger charge is -2.06. The van der Waals surface area contributed by atoms with Crippen molar-refractivity contribution < 1.29 is 0 Å². The quantitative estimate of drug-likeness (QED) is 0.896. The molecule has 1 aromatic heterocycles. The van der Waals surface area contributed by atoms with Crippen LogP contribution < -0.4 is 5.73 Å². The number of benzene rings is 1. The summed E-state index contributed by atoms with van der Waals surface area (Å²) in [6.07, 6.45) is 4.01. The molecule has 0 saturated carbocycles. The minimum absolute atomic E-state index is 0.557. The lowest BCUT2D eigenvalue weighted by molar-refractivity contribution is 0.802. The molecule has 16 heavy (non-hydrogen) atoms. The first-order valence-electron chi connectivity index (χ1n) is 4.97. The molecule has 0 atom stereocenters. The van der Waals surface area contributed by atoms with Crippen molar-refractivity contribution in [1.29, 1.82) is 0 Å². The first-order chi connectivity index (χ1) is 7.69. The molecule has 0 unspecified atom stereocenters. The van der Waals surface area contributed by atoms with Gasteiger partial charge in [-0.2, -0.15) is 0 Å². The van der Waals surface area contributed by atoms with Crippen molar-refractivity contribution in [3.8, 4) is 0 Å². The van der Waals surface area contributed by atoms with E-state index in [1.165, 1.54) is 0 Å². The van der Waals surface area contributed by atoms with Crippen LogP contribution in [-0.2, 0) is 13.1 Å². The van der Waals surface area contributed by atoms with Crippen LogP contribution in [0.2, 0.25) is 10.0 Å². The molecule has 0 bridgehead atoms. The van der Waals surface area contributed by atoms with E-state index < -0.39 is 0 Å². The van der Waals surface area contributed by atoms with E-state index in [0.29, 0.717) is 16.6 Å². The average molecular weight is 255 g/mol. The monoisotopic (exact) mass is 254 g/mol. The summed E-state index contributed by atoms with van der Waals surface area (Å²) in [5.41, 5.74) is 7.71. The van der Waals surface area contributed by atoms with Crippen LogP contribution in [0.5, 0.6) is 0 Å². The zero-order chi connectivity index (χ0) is 11.5. The van der Waals surface area contributed by atoms with Crippen LogP contribution in [0.4, 0.5) is 0 Å². The second-order valence-corrected chi connectivity index (χ2v) is 4.48. The van der Waals surface area contributed by atoms with Crippen LogP contribution in [-0.4, -0.2) is 4.57 Å². The molecule has 2 rings (SSSR count). The Hall–Kier alpha value is -0.960. The standard InChI is InChI=1S/C12H12Cl2N2/c13-11-2-1-10(12(14)5-11)8-16-4-3-9(6-15)7-16/h1-5,7H,6,8,15H2. The number of nitrogens with two attached hydrogens (primary N) is 1. The average Bonchev–Trinajstić information content (AvgIpc) is 2.70.